The molecule has 4 heteroatoms. The van der Waals surface area contributed by atoms with E-state index in [0.717, 1.165) is 12.3 Å². The highest BCUT2D eigenvalue weighted by Gasteiger charge is 2.37. The third-order valence-electron chi connectivity index (χ3n) is 4.42. The SMILES string of the molecule is CC(N)CCC(=O)N(C1CCC(C)CC1)C1CC1.Cl. The van der Waals surface area contributed by atoms with Crippen molar-refractivity contribution in [3.8, 4) is 0 Å². The Kier molecular flexibility index (Phi) is 6.61. The Labute approximate surface area is 123 Å². The number of halogens is 1. The van der Waals surface area contributed by atoms with Crippen LogP contribution >= 0.6 is 12.4 Å². The first-order valence-electron chi connectivity index (χ1n) is 7.64. The van der Waals surface area contributed by atoms with Crippen molar-refractivity contribution in [1.29, 1.82) is 0 Å². The largest absolute Gasteiger partial charge is 0.337 e. The quantitative estimate of drug-likeness (QED) is 0.845. The van der Waals surface area contributed by atoms with Gasteiger partial charge in [-0.15, -0.1) is 12.4 Å². The number of nitrogens with two attached hydrogens (primary N) is 1. The molecule has 2 aliphatic rings. The number of hydrogen-bond acceptors (Lipinski definition) is 2. The van der Waals surface area contributed by atoms with Crippen molar-refractivity contribution in [3.63, 3.8) is 0 Å². The predicted molar refractivity (Wildman–Crippen MR) is 81.4 cm³/mol. The third-order valence-corrected chi connectivity index (χ3v) is 4.42. The molecule has 1 atom stereocenters. The molecule has 2 fully saturated rings. The number of nitrogens with zero attached hydrogens (tertiary/aromatic N) is 1. The molecule has 0 bridgehead atoms. The molecule has 2 aliphatic carbocycles. The highest BCUT2D eigenvalue weighted by atomic mass is 35.5. The van der Waals surface area contributed by atoms with Gasteiger partial charge in [0, 0.05) is 24.5 Å². The normalized spacial score (nSPS) is 28.4. The van der Waals surface area contributed by atoms with Gasteiger partial charge in [-0.25, -0.2) is 0 Å². The summed E-state index contributed by atoms with van der Waals surface area (Å²) in [7, 11) is 0. The van der Waals surface area contributed by atoms with E-state index in [0.29, 0.717) is 24.4 Å². The second-order valence-corrected chi connectivity index (χ2v) is 6.46. The Hall–Kier alpha value is -0.280. The fourth-order valence-corrected chi connectivity index (χ4v) is 3.06. The highest BCUT2D eigenvalue weighted by Crippen LogP contribution is 2.35. The Balaban J connectivity index is 0.00000180. The molecule has 0 aromatic carbocycles. The molecule has 2 saturated carbocycles. The van der Waals surface area contributed by atoms with Gasteiger partial charge in [0.15, 0.2) is 0 Å². The summed E-state index contributed by atoms with van der Waals surface area (Å²) in [6, 6.07) is 1.22. The molecule has 0 aromatic heterocycles. The molecular weight excluding hydrogens is 260 g/mol. The van der Waals surface area contributed by atoms with Crippen LogP contribution in [0.25, 0.3) is 0 Å². The van der Waals surface area contributed by atoms with E-state index in [4.69, 9.17) is 5.73 Å². The summed E-state index contributed by atoms with van der Waals surface area (Å²) < 4.78 is 0. The third kappa shape index (κ3) is 4.96. The maximum atomic E-state index is 12.4. The maximum absolute atomic E-state index is 12.4. The van der Waals surface area contributed by atoms with Gasteiger partial charge >= 0.3 is 0 Å². The summed E-state index contributed by atoms with van der Waals surface area (Å²) in [5.41, 5.74) is 5.76. The molecule has 2 N–H and O–H groups in total. The molecule has 3 nitrogen and oxygen atoms in total. The Bertz CT molecular complexity index is 284. The average Bonchev–Trinajstić information content (AvgIpc) is 3.14. The van der Waals surface area contributed by atoms with E-state index in [9.17, 15) is 4.79 Å². The van der Waals surface area contributed by atoms with E-state index in [-0.39, 0.29) is 18.4 Å². The van der Waals surface area contributed by atoms with Gasteiger partial charge in [-0.3, -0.25) is 4.79 Å². The van der Waals surface area contributed by atoms with Crippen LogP contribution in [-0.4, -0.2) is 28.9 Å². The minimum Gasteiger partial charge on any atom is -0.337 e. The van der Waals surface area contributed by atoms with Crippen LogP contribution in [0.3, 0.4) is 0 Å². The van der Waals surface area contributed by atoms with E-state index in [1.165, 1.54) is 38.5 Å². The van der Waals surface area contributed by atoms with Crippen molar-refractivity contribution in [2.75, 3.05) is 0 Å². The fourth-order valence-electron chi connectivity index (χ4n) is 3.06. The van der Waals surface area contributed by atoms with Gasteiger partial charge in [0.25, 0.3) is 0 Å². The van der Waals surface area contributed by atoms with Gasteiger partial charge in [0.05, 0.1) is 0 Å². The zero-order valence-corrected chi connectivity index (χ0v) is 13.1. The lowest BCUT2D eigenvalue weighted by Crippen LogP contribution is -2.44. The molecule has 0 heterocycles. The molecule has 19 heavy (non-hydrogen) atoms. The van der Waals surface area contributed by atoms with Gasteiger partial charge in [-0.2, -0.15) is 0 Å². The van der Waals surface area contributed by atoms with Crippen LogP contribution in [0.2, 0.25) is 0 Å². The van der Waals surface area contributed by atoms with Crippen molar-refractivity contribution >= 4 is 18.3 Å². The number of carbonyl (C=O) groups excluding carboxylic acids is 1. The molecule has 1 amide bonds. The molecule has 0 spiro atoms. The first-order chi connectivity index (χ1) is 8.58. The lowest BCUT2D eigenvalue weighted by atomic mass is 9.86. The van der Waals surface area contributed by atoms with Crippen LogP contribution < -0.4 is 5.73 Å². The molecule has 112 valence electrons. The van der Waals surface area contributed by atoms with E-state index in [1.54, 1.807) is 0 Å². The molecule has 0 aliphatic heterocycles. The molecular formula is C15H29ClN2O. The maximum Gasteiger partial charge on any atom is 0.223 e. The van der Waals surface area contributed by atoms with Crippen molar-refractivity contribution in [2.45, 2.75) is 83.3 Å². The van der Waals surface area contributed by atoms with Gasteiger partial charge in [-0.05, 0) is 57.8 Å². The van der Waals surface area contributed by atoms with Crippen LogP contribution in [0.5, 0.6) is 0 Å². The Morgan fingerprint density at radius 1 is 1.16 bits per heavy atom. The van der Waals surface area contributed by atoms with Crippen LogP contribution in [0, 0.1) is 5.92 Å². The summed E-state index contributed by atoms with van der Waals surface area (Å²) in [6.45, 7) is 4.31. The minimum absolute atomic E-state index is 0. The van der Waals surface area contributed by atoms with Gasteiger partial charge in [0.1, 0.15) is 0 Å². The van der Waals surface area contributed by atoms with Crippen LogP contribution in [0.15, 0.2) is 0 Å². The summed E-state index contributed by atoms with van der Waals surface area (Å²) in [5, 5.41) is 0. The summed E-state index contributed by atoms with van der Waals surface area (Å²) in [4.78, 5) is 14.6. The fraction of sp³-hybridized carbons (Fsp3) is 0.933. The van der Waals surface area contributed by atoms with E-state index in [1.807, 2.05) is 6.92 Å². The molecule has 0 aromatic rings. The molecule has 1 unspecified atom stereocenters. The van der Waals surface area contributed by atoms with Gasteiger partial charge in [0.2, 0.25) is 5.91 Å². The summed E-state index contributed by atoms with van der Waals surface area (Å²) >= 11 is 0. The topological polar surface area (TPSA) is 46.3 Å². The Morgan fingerprint density at radius 3 is 2.05 bits per heavy atom. The van der Waals surface area contributed by atoms with Crippen molar-refractivity contribution in [2.24, 2.45) is 11.7 Å². The summed E-state index contributed by atoms with van der Waals surface area (Å²) in [5.74, 6) is 1.20. The summed E-state index contributed by atoms with van der Waals surface area (Å²) in [6.07, 6.45) is 8.89. The lowest BCUT2D eigenvalue weighted by Gasteiger charge is -2.36. The smallest absolute Gasteiger partial charge is 0.223 e. The minimum atomic E-state index is 0. The van der Waals surface area contributed by atoms with Crippen molar-refractivity contribution < 1.29 is 4.79 Å². The number of carbonyl (C=O) groups is 1. The van der Waals surface area contributed by atoms with E-state index in [2.05, 4.69) is 11.8 Å². The second-order valence-electron chi connectivity index (χ2n) is 6.46. The molecule has 0 saturated heterocycles. The zero-order valence-electron chi connectivity index (χ0n) is 12.3. The average molecular weight is 289 g/mol. The predicted octanol–water partition coefficient (Wildman–Crippen LogP) is 3.11. The number of rotatable bonds is 5. The zero-order chi connectivity index (χ0) is 13.1. The second kappa shape index (κ2) is 7.49. The molecule has 2 rings (SSSR count). The monoisotopic (exact) mass is 288 g/mol. The number of hydrogen-bond donors (Lipinski definition) is 1. The van der Waals surface area contributed by atoms with E-state index < -0.39 is 0 Å². The highest BCUT2D eigenvalue weighted by molar-refractivity contribution is 5.85. The van der Waals surface area contributed by atoms with Crippen LogP contribution in [0.4, 0.5) is 0 Å². The molecule has 0 radical (unpaired) electrons. The Morgan fingerprint density at radius 2 is 1.63 bits per heavy atom. The van der Waals surface area contributed by atoms with Crippen LogP contribution in [0.1, 0.15) is 65.2 Å². The first-order valence-corrected chi connectivity index (χ1v) is 7.64. The van der Waals surface area contributed by atoms with Crippen LogP contribution in [-0.2, 0) is 4.79 Å². The van der Waals surface area contributed by atoms with Crippen molar-refractivity contribution in [3.05, 3.63) is 0 Å². The van der Waals surface area contributed by atoms with E-state index >= 15 is 0 Å². The van der Waals surface area contributed by atoms with Crippen molar-refractivity contribution in [1.82, 2.24) is 4.90 Å². The van der Waals surface area contributed by atoms with Gasteiger partial charge in [-0.1, -0.05) is 6.92 Å². The standard InChI is InChI=1S/C15H28N2O.ClH/c1-11-3-6-13(7-4-11)17(14-8-9-14)15(18)10-5-12(2)16;/h11-14H,3-10,16H2,1-2H3;1H. The van der Waals surface area contributed by atoms with Gasteiger partial charge < -0.3 is 10.6 Å². The number of amides is 1. The first kappa shape index (κ1) is 16.8. The lowest BCUT2D eigenvalue weighted by molar-refractivity contribution is -0.135.